The molecular formula is C25H17ClF3NO4. The number of rotatable bonds is 4. The molecule has 3 aromatic rings. The Morgan fingerprint density at radius 2 is 1.68 bits per heavy atom. The lowest BCUT2D eigenvalue weighted by Gasteiger charge is -2.26. The van der Waals surface area contributed by atoms with Crippen LogP contribution in [0.5, 0.6) is 5.75 Å². The quantitative estimate of drug-likeness (QED) is 0.271. The molecule has 9 heteroatoms. The minimum atomic E-state index is -4.93. The zero-order valence-electron chi connectivity index (χ0n) is 17.6. The Bertz CT molecular complexity index is 1300. The zero-order valence-corrected chi connectivity index (χ0v) is 18.4. The van der Waals surface area contributed by atoms with Gasteiger partial charge in [-0.3, -0.25) is 14.5 Å². The summed E-state index contributed by atoms with van der Waals surface area (Å²) in [4.78, 5) is 27.3. The van der Waals surface area contributed by atoms with Crippen molar-refractivity contribution in [3.63, 3.8) is 0 Å². The number of carbonyl (C=O) groups is 2. The van der Waals surface area contributed by atoms with Crippen LogP contribution >= 0.6 is 11.6 Å². The van der Waals surface area contributed by atoms with Crippen LogP contribution in [-0.4, -0.2) is 23.2 Å². The predicted molar refractivity (Wildman–Crippen MR) is 121 cm³/mol. The molecule has 0 aliphatic carbocycles. The van der Waals surface area contributed by atoms with E-state index in [0.29, 0.717) is 10.6 Å². The molecule has 34 heavy (non-hydrogen) atoms. The summed E-state index contributed by atoms with van der Waals surface area (Å²) in [5.41, 5.74) is 1.39. The molecule has 1 heterocycles. The number of aliphatic hydroxyl groups is 1. The minimum absolute atomic E-state index is 0.00510. The summed E-state index contributed by atoms with van der Waals surface area (Å²) in [6.07, 6.45) is -4.93. The molecule has 0 radical (unpaired) electrons. The van der Waals surface area contributed by atoms with Crippen molar-refractivity contribution < 1.29 is 32.6 Å². The van der Waals surface area contributed by atoms with Crippen molar-refractivity contribution >= 4 is 34.7 Å². The lowest BCUT2D eigenvalue weighted by molar-refractivity contribution is -0.274. The number of carbonyl (C=O) groups excluding carboxylic acids is 2. The maximum absolute atomic E-state index is 13.1. The van der Waals surface area contributed by atoms with E-state index in [0.717, 1.165) is 22.6 Å². The van der Waals surface area contributed by atoms with Crippen LogP contribution in [0, 0.1) is 6.92 Å². The topological polar surface area (TPSA) is 66.8 Å². The average molecular weight is 488 g/mol. The lowest BCUT2D eigenvalue weighted by atomic mass is 9.94. The third-order valence-corrected chi connectivity index (χ3v) is 5.50. The number of ether oxygens (including phenoxy) is 1. The smallest absolute Gasteiger partial charge is 0.507 e. The summed E-state index contributed by atoms with van der Waals surface area (Å²) < 4.78 is 42.2. The van der Waals surface area contributed by atoms with Gasteiger partial charge in [0.05, 0.1) is 11.6 Å². The van der Waals surface area contributed by atoms with E-state index in [4.69, 9.17) is 11.6 Å². The monoisotopic (exact) mass is 487 g/mol. The molecule has 1 aliphatic heterocycles. The molecular weight excluding hydrogens is 471 g/mol. The van der Waals surface area contributed by atoms with Gasteiger partial charge in [0.1, 0.15) is 11.5 Å². The fourth-order valence-corrected chi connectivity index (χ4v) is 3.97. The molecule has 174 valence electrons. The highest BCUT2D eigenvalue weighted by molar-refractivity contribution is 6.51. The highest BCUT2D eigenvalue weighted by atomic mass is 35.5. The van der Waals surface area contributed by atoms with Crippen molar-refractivity contribution in [3.05, 3.63) is 100 Å². The molecule has 0 saturated carbocycles. The molecule has 1 saturated heterocycles. The van der Waals surface area contributed by atoms with Crippen molar-refractivity contribution in [2.24, 2.45) is 0 Å². The van der Waals surface area contributed by atoms with Gasteiger partial charge in [-0.05, 0) is 48.9 Å². The third kappa shape index (κ3) is 4.63. The van der Waals surface area contributed by atoms with Gasteiger partial charge in [-0.2, -0.15) is 0 Å². The number of ketones is 1. The van der Waals surface area contributed by atoms with Crippen LogP contribution in [0.25, 0.3) is 5.76 Å². The van der Waals surface area contributed by atoms with E-state index in [-0.39, 0.29) is 16.8 Å². The number of hydrogen-bond acceptors (Lipinski definition) is 4. The molecule has 1 amide bonds. The number of aryl methyl sites for hydroxylation is 1. The Morgan fingerprint density at radius 3 is 2.32 bits per heavy atom. The normalized spacial score (nSPS) is 17.8. The Balaban J connectivity index is 1.91. The fraction of sp³-hybridized carbons (Fsp3) is 0.120. The van der Waals surface area contributed by atoms with Gasteiger partial charge in [0.25, 0.3) is 11.7 Å². The first-order chi connectivity index (χ1) is 16.0. The number of nitrogens with zero attached hydrogens (tertiary/aromatic N) is 1. The van der Waals surface area contributed by atoms with Crippen molar-refractivity contribution in [3.8, 4) is 5.75 Å². The molecule has 0 bridgehead atoms. The predicted octanol–water partition coefficient (Wildman–Crippen LogP) is 6.17. The summed E-state index contributed by atoms with van der Waals surface area (Å²) in [5, 5.41) is 11.4. The van der Waals surface area contributed by atoms with Crippen LogP contribution < -0.4 is 9.64 Å². The van der Waals surface area contributed by atoms with E-state index >= 15 is 0 Å². The van der Waals surface area contributed by atoms with Gasteiger partial charge in [-0.25, -0.2) is 0 Å². The number of alkyl halides is 3. The first-order valence-electron chi connectivity index (χ1n) is 10.0. The maximum atomic E-state index is 13.1. The molecule has 1 fully saturated rings. The summed E-state index contributed by atoms with van der Waals surface area (Å²) >= 11 is 5.91. The number of anilines is 1. The van der Waals surface area contributed by atoms with Crippen LogP contribution in [-0.2, 0) is 9.59 Å². The Morgan fingerprint density at radius 1 is 1.00 bits per heavy atom. The average Bonchev–Trinajstić information content (AvgIpc) is 3.03. The molecule has 3 aromatic carbocycles. The number of aliphatic hydroxyl groups excluding tert-OH is 1. The van der Waals surface area contributed by atoms with Gasteiger partial charge >= 0.3 is 6.36 Å². The SMILES string of the molecule is Cc1cccc(C2/C(=C(\O)c3ccc(Cl)cc3)C(=O)C(=O)N2c2cccc(OC(F)(F)F)c2)c1. The molecule has 4 rings (SSSR count). The van der Waals surface area contributed by atoms with Crippen molar-refractivity contribution in [2.75, 3.05) is 4.90 Å². The van der Waals surface area contributed by atoms with Gasteiger partial charge < -0.3 is 9.84 Å². The van der Waals surface area contributed by atoms with Gasteiger partial charge in [0, 0.05) is 22.3 Å². The van der Waals surface area contributed by atoms with Crippen molar-refractivity contribution in [1.29, 1.82) is 0 Å². The van der Waals surface area contributed by atoms with E-state index in [9.17, 15) is 27.9 Å². The molecule has 0 spiro atoms. The van der Waals surface area contributed by atoms with Gasteiger partial charge in [-0.1, -0.05) is 47.5 Å². The third-order valence-electron chi connectivity index (χ3n) is 5.25. The molecule has 1 aliphatic rings. The molecule has 5 nitrogen and oxygen atoms in total. The number of hydrogen-bond donors (Lipinski definition) is 1. The molecule has 1 atom stereocenters. The van der Waals surface area contributed by atoms with Crippen LogP contribution in [0.4, 0.5) is 18.9 Å². The molecule has 0 aromatic heterocycles. The second-order valence-electron chi connectivity index (χ2n) is 7.64. The van der Waals surface area contributed by atoms with E-state index in [1.165, 1.54) is 36.4 Å². The molecule has 1 unspecified atom stereocenters. The first kappa shape index (κ1) is 23.4. The number of benzene rings is 3. The summed E-state index contributed by atoms with van der Waals surface area (Å²) in [5.74, 6) is -2.94. The van der Waals surface area contributed by atoms with Crippen LogP contribution in [0.15, 0.2) is 78.4 Å². The van der Waals surface area contributed by atoms with Crippen LogP contribution in [0.3, 0.4) is 0 Å². The summed E-state index contributed by atoms with van der Waals surface area (Å²) in [6, 6.07) is 16.6. The van der Waals surface area contributed by atoms with Gasteiger partial charge in [-0.15, -0.1) is 13.2 Å². The van der Waals surface area contributed by atoms with E-state index in [1.807, 2.05) is 13.0 Å². The fourth-order valence-electron chi connectivity index (χ4n) is 3.85. The maximum Gasteiger partial charge on any atom is 0.573 e. The largest absolute Gasteiger partial charge is 0.573 e. The second-order valence-corrected chi connectivity index (χ2v) is 8.07. The highest BCUT2D eigenvalue weighted by Crippen LogP contribution is 2.43. The Hall–Kier alpha value is -3.78. The Labute approximate surface area is 197 Å². The Kier molecular flexibility index (Phi) is 6.10. The lowest BCUT2D eigenvalue weighted by Crippen LogP contribution is -2.29. The van der Waals surface area contributed by atoms with Gasteiger partial charge in [0.2, 0.25) is 0 Å². The second kappa shape index (κ2) is 8.87. The van der Waals surface area contributed by atoms with Crippen molar-refractivity contribution in [2.45, 2.75) is 19.3 Å². The first-order valence-corrected chi connectivity index (χ1v) is 10.4. The summed E-state index contributed by atoms with van der Waals surface area (Å²) in [7, 11) is 0. The standard InChI is InChI=1S/C25H17ClF3NO4/c1-14-4-2-5-16(12-14)21-20(22(31)15-8-10-17(26)11-9-15)23(32)24(33)30(21)18-6-3-7-19(13-18)34-25(27,28)29/h2-13,21,31H,1H3/b22-20+. The van der Waals surface area contributed by atoms with Crippen LogP contribution in [0.1, 0.15) is 22.7 Å². The highest BCUT2D eigenvalue weighted by Gasteiger charge is 2.47. The number of Topliss-reactive ketones (excluding diaryl/α,β-unsaturated/α-hetero) is 1. The van der Waals surface area contributed by atoms with Crippen LogP contribution in [0.2, 0.25) is 5.02 Å². The van der Waals surface area contributed by atoms with Crippen molar-refractivity contribution in [1.82, 2.24) is 0 Å². The minimum Gasteiger partial charge on any atom is -0.507 e. The number of halogens is 4. The number of amides is 1. The zero-order chi connectivity index (χ0) is 24.6. The van der Waals surface area contributed by atoms with E-state index < -0.39 is 35.6 Å². The summed E-state index contributed by atoms with van der Waals surface area (Å²) in [6.45, 7) is 1.81. The van der Waals surface area contributed by atoms with Gasteiger partial charge in [0.15, 0.2) is 0 Å². The van der Waals surface area contributed by atoms with E-state index in [1.54, 1.807) is 18.2 Å². The van der Waals surface area contributed by atoms with E-state index in [2.05, 4.69) is 4.74 Å². The molecule has 1 N–H and O–H groups in total.